The second-order valence-electron chi connectivity index (χ2n) is 4.34. The average Bonchev–Trinajstić information content (AvgIpc) is 2.41. The molecule has 6 N–H and O–H groups in total. The van der Waals surface area contributed by atoms with Crippen molar-refractivity contribution in [1.29, 1.82) is 0 Å². The molecule has 0 radical (unpaired) electrons. The lowest BCUT2D eigenvalue weighted by molar-refractivity contribution is 0.00360. The molecular formula is C11H26N6O. The fourth-order valence-electron chi connectivity index (χ4n) is 1.90. The Balaban J connectivity index is 2.44. The van der Waals surface area contributed by atoms with Crippen molar-refractivity contribution < 1.29 is 4.79 Å². The van der Waals surface area contributed by atoms with Gasteiger partial charge in [-0.05, 0) is 25.9 Å². The van der Waals surface area contributed by atoms with Crippen LogP contribution in [0.15, 0.2) is 0 Å². The van der Waals surface area contributed by atoms with Gasteiger partial charge in [-0.25, -0.2) is 9.80 Å². The first-order valence-electron chi connectivity index (χ1n) is 6.70. The SMILES string of the molecule is NCCCNC(=O)N(CCCN)N1CCNCC1. The van der Waals surface area contributed by atoms with Gasteiger partial charge in [0.15, 0.2) is 0 Å². The second kappa shape index (κ2) is 9.09. The Kier molecular flexibility index (Phi) is 7.66. The molecule has 2 amide bonds. The van der Waals surface area contributed by atoms with Gasteiger partial charge in [0.25, 0.3) is 0 Å². The molecule has 1 saturated heterocycles. The van der Waals surface area contributed by atoms with Crippen molar-refractivity contribution in [1.82, 2.24) is 20.7 Å². The van der Waals surface area contributed by atoms with Crippen molar-refractivity contribution in [2.75, 3.05) is 52.4 Å². The number of nitrogens with two attached hydrogens (primary N) is 2. The van der Waals surface area contributed by atoms with Crippen molar-refractivity contribution in [2.45, 2.75) is 12.8 Å². The third-order valence-electron chi connectivity index (χ3n) is 2.90. The van der Waals surface area contributed by atoms with Gasteiger partial charge < -0.3 is 22.1 Å². The van der Waals surface area contributed by atoms with Crippen LogP contribution >= 0.6 is 0 Å². The molecular weight excluding hydrogens is 232 g/mol. The monoisotopic (exact) mass is 258 g/mol. The highest BCUT2D eigenvalue weighted by Gasteiger charge is 2.21. The Morgan fingerprint density at radius 2 is 1.89 bits per heavy atom. The largest absolute Gasteiger partial charge is 0.337 e. The van der Waals surface area contributed by atoms with Gasteiger partial charge in [-0.2, -0.15) is 0 Å². The number of hydrogen-bond acceptors (Lipinski definition) is 5. The van der Waals surface area contributed by atoms with E-state index < -0.39 is 0 Å². The Hall–Kier alpha value is -0.890. The Bertz CT molecular complexity index is 232. The van der Waals surface area contributed by atoms with Crippen LogP contribution in [0.1, 0.15) is 12.8 Å². The molecule has 7 heteroatoms. The molecule has 0 aromatic heterocycles. The van der Waals surface area contributed by atoms with Crippen molar-refractivity contribution >= 4 is 6.03 Å². The van der Waals surface area contributed by atoms with Gasteiger partial charge >= 0.3 is 6.03 Å². The predicted molar refractivity (Wildman–Crippen MR) is 71.9 cm³/mol. The maximum absolute atomic E-state index is 12.1. The summed E-state index contributed by atoms with van der Waals surface area (Å²) in [5.74, 6) is 0. The average molecular weight is 258 g/mol. The molecule has 0 spiro atoms. The number of carbonyl (C=O) groups excluding carboxylic acids is 1. The van der Waals surface area contributed by atoms with E-state index in [1.165, 1.54) is 0 Å². The summed E-state index contributed by atoms with van der Waals surface area (Å²) < 4.78 is 0. The normalized spacial score (nSPS) is 16.6. The number of hydrogen-bond donors (Lipinski definition) is 4. The predicted octanol–water partition coefficient (Wildman–Crippen LogP) is -1.48. The van der Waals surface area contributed by atoms with Gasteiger partial charge in [0.1, 0.15) is 0 Å². The minimum absolute atomic E-state index is 0.0428. The molecule has 0 aromatic rings. The van der Waals surface area contributed by atoms with Gasteiger partial charge in [-0.3, -0.25) is 5.01 Å². The summed E-state index contributed by atoms with van der Waals surface area (Å²) in [6.45, 7) is 6.02. The number of rotatable bonds is 7. The second-order valence-corrected chi connectivity index (χ2v) is 4.34. The van der Waals surface area contributed by atoms with Crippen LogP contribution in [-0.4, -0.2) is 68.4 Å². The molecule has 0 aromatic carbocycles. The summed E-state index contributed by atoms with van der Waals surface area (Å²) in [6, 6.07) is -0.0428. The van der Waals surface area contributed by atoms with E-state index in [-0.39, 0.29) is 6.03 Å². The zero-order valence-electron chi connectivity index (χ0n) is 11.0. The molecule has 0 aliphatic carbocycles. The molecule has 0 atom stereocenters. The van der Waals surface area contributed by atoms with Gasteiger partial charge in [0.2, 0.25) is 0 Å². The maximum Gasteiger partial charge on any atom is 0.331 e. The molecule has 1 heterocycles. The van der Waals surface area contributed by atoms with Crippen molar-refractivity contribution in [3.8, 4) is 0 Å². The van der Waals surface area contributed by atoms with Crippen LogP contribution in [0.25, 0.3) is 0 Å². The van der Waals surface area contributed by atoms with E-state index in [1.807, 2.05) is 0 Å². The van der Waals surface area contributed by atoms with Crippen LogP contribution in [0.5, 0.6) is 0 Å². The number of nitrogens with zero attached hydrogens (tertiary/aromatic N) is 2. The van der Waals surface area contributed by atoms with Gasteiger partial charge in [0.05, 0.1) is 0 Å². The molecule has 0 saturated carbocycles. The Morgan fingerprint density at radius 3 is 2.50 bits per heavy atom. The van der Waals surface area contributed by atoms with Crippen molar-refractivity contribution in [3.63, 3.8) is 0 Å². The van der Waals surface area contributed by atoms with E-state index in [0.717, 1.165) is 39.0 Å². The topological polar surface area (TPSA) is 99.6 Å². The fraction of sp³-hybridized carbons (Fsp3) is 0.909. The molecule has 0 unspecified atom stereocenters. The summed E-state index contributed by atoms with van der Waals surface area (Å²) in [5, 5.41) is 10.0. The number of nitrogens with one attached hydrogen (secondary N) is 2. The number of carbonyl (C=O) groups is 1. The number of hydrazine groups is 1. The molecule has 1 aliphatic heterocycles. The third kappa shape index (κ3) is 5.18. The molecule has 0 bridgehead atoms. The first-order chi connectivity index (χ1) is 8.79. The Morgan fingerprint density at radius 1 is 1.22 bits per heavy atom. The van der Waals surface area contributed by atoms with Crippen molar-refractivity contribution in [2.24, 2.45) is 11.5 Å². The zero-order valence-corrected chi connectivity index (χ0v) is 11.0. The van der Waals surface area contributed by atoms with Crippen LogP contribution in [0.4, 0.5) is 4.79 Å². The number of urea groups is 1. The molecule has 7 nitrogen and oxygen atoms in total. The molecule has 18 heavy (non-hydrogen) atoms. The lowest BCUT2D eigenvalue weighted by Gasteiger charge is -2.37. The fourth-order valence-corrected chi connectivity index (χ4v) is 1.90. The lowest BCUT2D eigenvalue weighted by atomic mass is 10.4. The first kappa shape index (κ1) is 15.2. The van der Waals surface area contributed by atoms with E-state index in [0.29, 0.717) is 26.2 Å². The molecule has 1 fully saturated rings. The summed E-state index contributed by atoms with van der Waals surface area (Å²) in [5.41, 5.74) is 10.9. The highest BCUT2D eigenvalue weighted by molar-refractivity contribution is 5.73. The lowest BCUT2D eigenvalue weighted by Crippen LogP contribution is -2.57. The number of amides is 2. The quantitative estimate of drug-likeness (QED) is 0.417. The highest BCUT2D eigenvalue weighted by atomic mass is 16.2. The summed E-state index contributed by atoms with van der Waals surface area (Å²) in [6.07, 6.45) is 1.62. The minimum Gasteiger partial charge on any atom is -0.337 e. The van der Waals surface area contributed by atoms with Crippen LogP contribution in [-0.2, 0) is 0 Å². The smallest absolute Gasteiger partial charge is 0.331 e. The molecule has 1 rings (SSSR count). The third-order valence-corrected chi connectivity index (χ3v) is 2.90. The maximum atomic E-state index is 12.1. The van der Waals surface area contributed by atoms with Crippen LogP contribution < -0.4 is 22.1 Å². The highest BCUT2D eigenvalue weighted by Crippen LogP contribution is 2.02. The van der Waals surface area contributed by atoms with Gasteiger partial charge in [-0.1, -0.05) is 0 Å². The van der Waals surface area contributed by atoms with Crippen molar-refractivity contribution in [3.05, 3.63) is 0 Å². The standard InChI is InChI=1S/C11H26N6O/c12-3-1-5-15-11(18)17(8-2-4-13)16-9-6-14-7-10-16/h14H,1-10,12-13H2,(H,15,18). The molecule has 1 aliphatic rings. The van der Waals surface area contributed by atoms with Crippen LogP contribution in [0, 0.1) is 0 Å². The van der Waals surface area contributed by atoms with E-state index in [9.17, 15) is 4.79 Å². The van der Waals surface area contributed by atoms with E-state index >= 15 is 0 Å². The van der Waals surface area contributed by atoms with Gasteiger partial charge in [-0.15, -0.1) is 0 Å². The van der Waals surface area contributed by atoms with Crippen LogP contribution in [0.2, 0.25) is 0 Å². The van der Waals surface area contributed by atoms with E-state index in [4.69, 9.17) is 11.5 Å². The zero-order chi connectivity index (χ0) is 13.2. The van der Waals surface area contributed by atoms with Crippen LogP contribution in [0.3, 0.4) is 0 Å². The number of piperazine rings is 1. The Labute approximate surface area is 109 Å². The van der Waals surface area contributed by atoms with E-state index in [1.54, 1.807) is 5.01 Å². The summed E-state index contributed by atoms with van der Waals surface area (Å²) in [7, 11) is 0. The molecule has 106 valence electrons. The first-order valence-corrected chi connectivity index (χ1v) is 6.70. The summed E-state index contributed by atoms with van der Waals surface area (Å²) >= 11 is 0. The summed E-state index contributed by atoms with van der Waals surface area (Å²) in [4.78, 5) is 12.1. The van der Waals surface area contributed by atoms with E-state index in [2.05, 4.69) is 15.6 Å². The minimum atomic E-state index is -0.0428. The van der Waals surface area contributed by atoms with Gasteiger partial charge in [0, 0.05) is 39.3 Å².